The highest BCUT2D eigenvalue weighted by Gasteiger charge is 2.30. The molecule has 3 nitrogen and oxygen atoms in total. The van der Waals surface area contributed by atoms with Gasteiger partial charge in [-0.1, -0.05) is 0 Å². The Balaban J connectivity index is 2.38. The molecule has 0 N–H and O–H groups in total. The third kappa shape index (κ3) is 1.97. The van der Waals surface area contributed by atoms with Crippen molar-refractivity contribution in [3.05, 3.63) is 0 Å². The van der Waals surface area contributed by atoms with Crippen molar-refractivity contribution >= 4 is 32.5 Å². The molecule has 1 aliphatic rings. The minimum Gasteiger partial charge on any atom is -0.512 e. The summed E-state index contributed by atoms with van der Waals surface area (Å²) in [6.07, 6.45) is 0.410. The van der Waals surface area contributed by atoms with E-state index in [0.717, 1.165) is 0 Å². The quantitative estimate of drug-likeness (QED) is 0.539. The molecule has 1 fully saturated rings. The summed E-state index contributed by atoms with van der Waals surface area (Å²) in [7, 11) is 0. The molecular weight excluding hydrogens is 162 g/mol. The molecule has 1 saturated heterocycles. The van der Waals surface area contributed by atoms with Crippen LogP contribution in [-0.4, -0.2) is 50.8 Å². The molecule has 53 valence electrons. The van der Waals surface area contributed by atoms with Gasteiger partial charge < -0.3 is 11.4 Å². The van der Waals surface area contributed by atoms with Gasteiger partial charge in [0.1, 0.15) is 0 Å². The number of rotatable bonds is 2. The van der Waals surface area contributed by atoms with Gasteiger partial charge in [-0.25, -0.2) is 0 Å². The van der Waals surface area contributed by atoms with Gasteiger partial charge in [0.25, 0.3) is 0 Å². The summed E-state index contributed by atoms with van der Waals surface area (Å²) in [5.74, 6) is 0. The summed E-state index contributed by atoms with van der Waals surface area (Å²) in [5.41, 5.74) is 0. The van der Waals surface area contributed by atoms with Crippen molar-refractivity contribution in [2.45, 2.75) is 32.2 Å². The van der Waals surface area contributed by atoms with Crippen LogP contribution in [-0.2, 0) is 11.4 Å². The summed E-state index contributed by atoms with van der Waals surface area (Å²) in [4.78, 5) is 0. The highest BCUT2D eigenvalue weighted by atomic mass is 27.2. The minimum absolute atomic E-state index is 0.106. The van der Waals surface area contributed by atoms with E-state index in [4.69, 9.17) is 11.4 Å². The van der Waals surface area contributed by atoms with Gasteiger partial charge in [0, 0.05) is 6.10 Å². The Bertz CT molecular complexity index is 111. The van der Waals surface area contributed by atoms with E-state index >= 15 is 0 Å². The molecule has 5 heteroatoms. The summed E-state index contributed by atoms with van der Waals surface area (Å²) in [5, 5.41) is 0. The molecule has 0 amide bonds. The Kier molecular flexibility index (Phi) is 3.70. The first-order valence-electron chi connectivity index (χ1n) is 3.24. The molecule has 0 aromatic rings. The van der Waals surface area contributed by atoms with Gasteiger partial charge in [-0.2, -0.15) is 0 Å². The Morgan fingerprint density at radius 3 is 2.70 bits per heavy atom. The van der Waals surface area contributed by atoms with Gasteiger partial charge in [0.15, 0.2) is 0 Å². The Hall–Kier alpha value is 0.945. The fourth-order valence-corrected chi connectivity index (χ4v) is 2.06. The highest BCUT2D eigenvalue weighted by molar-refractivity contribution is 6.19. The molecule has 0 unspecified atom stereocenters. The second kappa shape index (κ2) is 4.09. The van der Waals surface area contributed by atoms with Crippen molar-refractivity contribution in [1.29, 1.82) is 0 Å². The van der Waals surface area contributed by atoms with E-state index in [1.165, 1.54) is 0 Å². The molecule has 0 aromatic heterocycles. The van der Waals surface area contributed by atoms with E-state index < -0.39 is 0 Å². The normalized spacial score (nSPS) is 35.4. The lowest BCUT2D eigenvalue weighted by Crippen LogP contribution is -2.32. The van der Waals surface area contributed by atoms with Crippen LogP contribution in [0.25, 0.3) is 0 Å². The molecule has 1 aliphatic heterocycles. The molecule has 0 aromatic carbocycles. The molecule has 10 heavy (non-hydrogen) atoms. The van der Waals surface area contributed by atoms with Crippen LogP contribution in [0.15, 0.2) is 0 Å². The van der Waals surface area contributed by atoms with Crippen LogP contribution in [0.4, 0.5) is 0 Å². The first-order valence-corrected chi connectivity index (χ1v) is 4.65. The highest BCUT2D eigenvalue weighted by Crippen LogP contribution is 2.15. The molecule has 0 spiro atoms. The summed E-state index contributed by atoms with van der Waals surface area (Å²) < 4.78 is 15.6. The molecule has 0 saturated carbocycles. The Morgan fingerprint density at radius 1 is 1.60 bits per heavy atom. The second-order valence-electron chi connectivity index (χ2n) is 2.38. The Morgan fingerprint density at radius 2 is 2.30 bits per heavy atom. The first kappa shape index (κ1) is 9.04. The largest absolute Gasteiger partial charge is 0.668 e. The van der Waals surface area contributed by atoms with E-state index in [9.17, 15) is 0 Å². The van der Waals surface area contributed by atoms with Crippen molar-refractivity contribution in [3.63, 3.8) is 0 Å². The predicted molar refractivity (Wildman–Crippen MR) is 37.5 cm³/mol. The van der Waals surface area contributed by atoms with Crippen LogP contribution in [0, 0.1) is 0 Å². The fourth-order valence-electron chi connectivity index (χ4n) is 0.942. The summed E-state index contributed by atoms with van der Waals surface area (Å²) in [6, 6.07) is 0. The monoisotopic (exact) mass is 171 g/mol. The molecule has 0 aliphatic carbocycles. The molecule has 1 rings (SSSR count). The van der Waals surface area contributed by atoms with Gasteiger partial charge in [0.2, 0.25) is 0 Å². The molecule has 0 bridgehead atoms. The predicted octanol–water partition coefficient (Wildman–Crippen LogP) is -0.187. The molecular formula is C5H9Al2O3. The maximum Gasteiger partial charge on any atom is 0.668 e. The molecule has 3 atom stereocenters. The lowest BCUT2D eigenvalue weighted by molar-refractivity contribution is 0.0571. The number of hydrogen-bond donors (Lipinski definition) is 0. The van der Waals surface area contributed by atoms with Gasteiger partial charge >= 0.3 is 32.5 Å². The zero-order valence-corrected chi connectivity index (χ0v) is 8.42. The Labute approximate surface area is 76.2 Å². The van der Waals surface area contributed by atoms with E-state index in [1.807, 2.05) is 13.8 Å². The van der Waals surface area contributed by atoms with Crippen molar-refractivity contribution < 1.29 is 11.4 Å². The van der Waals surface area contributed by atoms with Gasteiger partial charge in [-0.15, -0.1) is 0 Å². The lowest BCUT2D eigenvalue weighted by Gasteiger charge is -2.23. The van der Waals surface area contributed by atoms with Crippen LogP contribution in [0.5, 0.6) is 0 Å². The number of hydrogen-bond acceptors (Lipinski definition) is 3. The van der Waals surface area contributed by atoms with Crippen LogP contribution in [0.3, 0.4) is 0 Å². The lowest BCUT2D eigenvalue weighted by atomic mass is 10.1. The average Bonchev–Trinajstić information content (AvgIpc) is 2.34. The summed E-state index contributed by atoms with van der Waals surface area (Å²) >= 11 is 1.98. The van der Waals surface area contributed by atoms with E-state index in [0.29, 0.717) is 0 Å². The second-order valence-corrected chi connectivity index (χ2v) is 3.39. The van der Waals surface area contributed by atoms with E-state index in [2.05, 4.69) is 16.6 Å². The van der Waals surface area contributed by atoms with Crippen LogP contribution in [0.1, 0.15) is 13.8 Å². The van der Waals surface area contributed by atoms with Crippen molar-refractivity contribution in [3.8, 4) is 0 Å². The van der Waals surface area contributed by atoms with E-state index in [-0.39, 0.29) is 34.2 Å². The van der Waals surface area contributed by atoms with Crippen LogP contribution < -0.4 is 0 Å². The smallest absolute Gasteiger partial charge is 0.512 e. The standard InChI is InChI=1S/C5H9O3.2Al/c1-3(6)5(8)4(2)7;;/h3-5H,1-2H3;;/q-3;+1;+2/t3-,4+,5-;;. The zero-order chi connectivity index (χ0) is 7.56. The van der Waals surface area contributed by atoms with Crippen LogP contribution >= 0.6 is 0 Å². The maximum atomic E-state index is 5.34. The first-order chi connectivity index (χ1) is 4.75. The zero-order valence-electron chi connectivity index (χ0n) is 6.11. The molecule has 3 radical (unpaired) electrons. The summed E-state index contributed by atoms with van der Waals surface area (Å²) in [6.45, 7) is 3.98. The fraction of sp³-hybridized carbons (Fsp3) is 1.00. The third-order valence-corrected chi connectivity index (χ3v) is 3.02. The topological polar surface area (TPSA) is 27.7 Å². The van der Waals surface area contributed by atoms with Gasteiger partial charge in [-0.05, 0) is 13.8 Å². The third-order valence-electron chi connectivity index (χ3n) is 1.62. The van der Waals surface area contributed by atoms with Crippen molar-refractivity contribution in [2.24, 2.45) is 0 Å². The van der Waals surface area contributed by atoms with Crippen LogP contribution in [0.2, 0.25) is 0 Å². The van der Waals surface area contributed by atoms with Crippen molar-refractivity contribution in [1.82, 2.24) is 0 Å². The van der Waals surface area contributed by atoms with Gasteiger partial charge in [-0.3, -0.25) is 0 Å². The van der Waals surface area contributed by atoms with Gasteiger partial charge in [0.05, 0.1) is 12.2 Å². The SMILES string of the molecule is C[C@H]([O][Al])[C@@H]1[O][Al][O][C@@H]1C. The average molecular weight is 171 g/mol. The van der Waals surface area contributed by atoms with Crippen molar-refractivity contribution in [2.75, 3.05) is 0 Å². The molecule has 1 heterocycles. The maximum absolute atomic E-state index is 5.34. The minimum atomic E-state index is -0.259. The van der Waals surface area contributed by atoms with E-state index in [1.54, 1.807) is 0 Å².